The van der Waals surface area contributed by atoms with E-state index in [1.807, 2.05) is 101 Å². The van der Waals surface area contributed by atoms with Gasteiger partial charge in [-0.2, -0.15) is 0 Å². The molecule has 8 aliphatic rings. The normalized spacial score (nSPS) is 21.3. The summed E-state index contributed by atoms with van der Waals surface area (Å²) in [6, 6.07) is 22.5. The molecule has 0 saturated carbocycles. The van der Waals surface area contributed by atoms with Gasteiger partial charge in [0.2, 0.25) is 0 Å². The lowest BCUT2D eigenvalue weighted by Gasteiger charge is -2.41. The van der Waals surface area contributed by atoms with E-state index in [0.717, 1.165) is 41.2 Å². The van der Waals surface area contributed by atoms with Gasteiger partial charge in [0, 0.05) is 179 Å². The SMILES string of the molecule is CCOC(=O)C1=C(CN2CCOC[C@H]2CCC(=O)O)NC(c2nccs2)=N[C@H]1c1ccccc1Br.CCOC(=O)C1=C(CN2CCO[C@H](C)[C@H]2CCC(=O)O)NC(c2nccs2)=N[C@H]1c1ccccc1Br.CCOC(=O)C1=C(CN2CCO[C@H](CC(C)C(=O)O)C2)NC(c2nccs2)=N[C@H]1c1ccc(F)c(F)c1Br.CCOC(=O)C1=C(CN2CCO[C@H](CCC(=O)O)C2)NC(c2nccs2)=N[C@H]1c1ccccc1Br. The van der Waals surface area contributed by atoms with Crippen LogP contribution in [0, 0.1) is 17.6 Å². The van der Waals surface area contributed by atoms with Crippen molar-refractivity contribution >= 4 is 180 Å². The Morgan fingerprint density at radius 2 is 0.812 bits per heavy atom. The van der Waals surface area contributed by atoms with Gasteiger partial charge >= 0.3 is 47.8 Å². The second-order valence-corrected chi connectivity index (χ2v) is 40.6. The minimum atomic E-state index is -1.08. The van der Waals surface area contributed by atoms with Crippen molar-refractivity contribution in [3.63, 3.8) is 0 Å². The summed E-state index contributed by atoms with van der Waals surface area (Å²) in [7, 11) is 0. The average Bonchev–Trinajstić information content (AvgIpc) is 1.37. The molecule has 0 amide bonds. The van der Waals surface area contributed by atoms with Crippen molar-refractivity contribution in [2.75, 3.05) is 125 Å². The number of ether oxygens (including phenoxy) is 8. The molecule has 46 heteroatoms. The molecule has 0 bridgehead atoms. The molecule has 12 heterocycles. The van der Waals surface area contributed by atoms with Crippen molar-refractivity contribution in [3.05, 3.63) is 248 Å². The third-order valence-electron chi connectivity index (χ3n) is 24.1. The number of morpholine rings is 4. The number of aromatic nitrogens is 4. The van der Waals surface area contributed by atoms with Crippen molar-refractivity contribution in [2.45, 2.75) is 141 Å². The van der Waals surface area contributed by atoms with Gasteiger partial charge in [-0.15, -0.1) is 45.3 Å². The number of nitrogens with zero attached hydrogens (tertiary/aromatic N) is 12. The van der Waals surface area contributed by atoms with Gasteiger partial charge in [0.1, 0.15) is 24.2 Å². The number of rotatable bonds is 36. The number of carboxylic acid groups (broad SMARTS) is 4. The number of nitrogens with one attached hydrogen (secondary N) is 4. The minimum absolute atomic E-state index is 0.0392. The Balaban J connectivity index is 0.000000161. The van der Waals surface area contributed by atoms with Crippen LogP contribution in [-0.4, -0.2) is 286 Å². The van der Waals surface area contributed by atoms with Crippen LogP contribution in [0.5, 0.6) is 0 Å². The minimum Gasteiger partial charge on any atom is -0.481 e. The number of carbonyl (C=O) groups excluding carboxylic acids is 4. The number of carbonyl (C=O) groups is 8. The molecule has 10 atom stereocenters. The molecule has 4 fully saturated rings. The lowest BCUT2D eigenvalue weighted by atomic mass is 9.94. The molecular formula is C98H110Br4F2N16O20S4. The Bertz CT molecular complexity index is 6100. The monoisotopic (exact) mass is 2310 g/mol. The lowest BCUT2D eigenvalue weighted by molar-refractivity contribution is -0.143. The van der Waals surface area contributed by atoms with Gasteiger partial charge in [0.05, 0.1) is 110 Å². The zero-order valence-corrected chi connectivity index (χ0v) is 89.1. The van der Waals surface area contributed by atoms with E-state index >= 15 is 0 Å². The molecule has 768 valence electrons. The van der Waals surface area contributed by atoms with Crippen molar-refractivity contribution in [1.29, 1.82) is 0 Å². The molecule has 4 saturated heterocycles. The summed E-state index contributed by atoms with van der Waals surface area (Å²) in [5, 5.41) is 60.2. The standard InChI is InChI=1S/C25H27BrF2N4O5S.C25H29BrN4O5S.2C24H27BrN4O5S/c1-3-36-25(35)18-17(12-32-7-8-37-14(11-32)10-13(2)24(33)34)30-22(23-29-6-9-38-23)31-21(18)15-4-5-16(27)20(28)19(15)26;1-3-34-25(33)21-18(14-30-11-12-35-15(2)19(30)8-9-20(31)32)28-23(24-27-10-13-36-24)29-22(21)16-6-4-5-7-17(16)26;1-2-34-24(32)20-18(13-29-10-11-33-14-15(29)7-8-19(30)31)27-22(23-26-9-12-35-23)28-21(20)16-5-3-4-6-17(16)25;1-2-33-24(32)20-18(14-29-10-11-34-15(13-29)7-8-19(30)31)27-22(23-26-9-12-35-23)28-21(20)16-5-3-4-6-17(16)25/h4-6,9,13-14,21H,3,7-8,10-12H2,1-2H3,(H,30,31)(H,33,34);4-7,10,13,15,19,22H,3,8-9,11-12,14H2,1-2H3,(H,28,29)(H,31,32);2*3-6,9,12,15,21H,2,7-8,10-11,13-14H2,1H3,(H,27,28)(H,30,31)/t13?,14-,21+;15-,19-,22+;2*15-,21+/m1111/s1. The number of hydrogen-bond acceptors (Lipinski definition) is 36. The molecule has 1 unspecified atom stereocenters. The maximum absolute atomic E-state index is 14.6. The summed E-state index contributed by atoms with van der Waals surface area (Å²) in [6.45, 7) is 18.7. The topological polar surface area (TPSA) is 453 Å². The van der Waals surface area contributed by atoms with Crippen LogP contribution in [0.4, 0.5) is 8.78 Å². The first-order chi connectivity index (χ1) is 69.5. The van der Waals surface area contributed by atoms with Crippen LogP contribution in [0.3, 0.4) is 0 Å². The largest absolute Gasteiger partial charge is 0.481 e. The quantitative estimate of drug-likeness (QED) is 0.0103. The second-order valence-electron chi connectivity index (χ2n) is 33.7. The molecule has 36 nitrogen and oxygen atoms in total. The van der Waals surface area contributed by atoms with E-state index in [1.165, 1.54) is 51.4 Å². The zero-order valence-electron chi connectivity index (χ0n) is 79.4. The fourth-order valence-electron chi connectivity index (χ4n) is 17.3. The van der Waals surface area contributed by atoms with Crippen molar-refractivity contribution in [1.82, 2.24) is 60.8 Å². The van der Waals surface area contributed by atoms with Crippen LogP contribution in [0.25, 0.3) is 0 Å². The zero-order chi connectivity index (χ0) is 103. The predicted octanol–water partition coefficient (Wildman–Crippen LogP) is 14.4. The molecular weight excluding hydrogens is 2210 g/mol. The van der Waals surface area contributed by atoms with Gasteiger partial charge in [0.25, 0.3) is 0 Å². The smallest absolute Gasteiger partial charge is 0.338 e. The van der Waals surface area contributed by atoms with Crippen LogP contribution in [-0.2, 0) is 76.3 Å². The first-order valence-corrected chi connectivity index (χ1v) is 53.4. The van der Waals surface area contributed by atoms with E-state index in [9.17, 15) is 62.5 Å². The van der Waals surface area contributed by atoms with E-state index in [-0.39, 0.29) is 98.2 Å². The molecule has 144 heavy (non-hydrogen) atoms. The van der Waals surface area contributed by atoms with E-state index in [4.69, 9.17) is 63.0 Å². The van der Waals surface area contributed by atoms with Crippen LogP contribution < -0.4 is 21.3 Å². The van der Waals surface area contributed by atoms with Gasteiger partial charge in [0.15, 0.2) is 55.0 Å². The van der Waals surface area contributed by atoms with Gasteiger partial charge in [-0.3, -0.25) is 58.7 Å². The lowest BCUT2D eigenvalue weighted by Crippen LogP contribution is -2.52. The number of halogens is 6. The number of carboxylic acids is 4. The Hall–Kier alpha value is -10.5. The molecule has 4 aromatic heterocycles. The third-order valence-corrected chi connectivity index (χ3v) is 30.2. The number of hydrogen-bond donors (Lipinski definition) is 8. The summed E-state index contributed by atoms with van der Waals surface area (Å²) in [6.07, 6.45) is 7.98. The van der Waals surface area contributed by atoms with E-state index in [2.05, 4.69) is 120 Å². The average molecular weight is 2320 g/mol. The van der Waals surface area contributed by atoms with Crippen LogP contribution in [0.15, 0.2) is 214 Å². The predicted molar refractivity (Wildman–Crippen MR) is 551 cm³/mol. The summed E-state index contributed by atoms with van der Waals surface area (Å²) in [5.41, 5.74) is 6.80. The highest BCUT2D eigenvalue weighted by Gasteiger charge is 2.43. The highest BCUT2D eigenvalue weighted by molar-refractivity contribution is 9.11. The highest BCUT2D eigenvalue weighted by atomic mass is 79.9. The third kappa shape index (κ3) is 29.5. The van der Waals surface area contributed by atoms with Gasteiger partial charge in [-0.1, -0.05) is 115 Å². The van der Waals surface area contributed by atoms with E-state index in [0.29, 0.717) is 195 Å². The fourth-order valence-corrected chi connectivity index (χ4v) is 21.7. The molecule has 0 radical (unpaired) electrons. The number of aliphatic imine (C=N–C) groups is 4. The Morgan fingerprint density at radius 3 is 1.20 bits per heavy atom. The Kier molecular flexibility index (Phi) is 41.7. The summed E-state index contributed by atoms with van der Waals surface area (Å²) in [5.74, 6) is -5.90. The highest BCUT2D eigenvalue weighted by Crippen LogP contribution is 2.44. The maximum atomic E-state index is 14.6. The second kappa shape index (κ2) is 54.2. The molecule has 4 aromatic carbocycles. The molecule has 8 N–H and O–H groups in total. The van der Waals surface area contributed by atoms with Crippen LogP contribution >= 0.6 is 109 Å². The Morgan fingerprint density at radius 1 is 0.451 bits per heavy atom. The first-order valence-electron chi connectivity index (χ1n) is 46.7. The molecule has 16 rings (SSSR count). The number of esters is 4. The van der Waals surface area contributed by atoms with Gasteiger partial charge < -0.3 is 79.6 Å². The van der Waals surface area contributed by atoms with Crippen molar-refractivity contribution in [3.8, 4) is 0 Å². The number of amidine groups is 4. The summed E-state index contributed by atoms with van der Waals surface area (Å²) >= 11 is 19.7. The maximum Gasteiger partial charge on any atom is 0.338 e. The molecule has 0 spiro atoms. The van der Waals surface area contributed by atoms with Crippen molar-refractivity contribution < 1.29 is 105 Å². The van der Waals surface area contributed by atoms with Gasteiger partial charge in [-0.05, 0) is 123 Å². The van der Waals surface area contributed by atoms with E-state index in [1.54, 1.807) is 64.8 Å². The number of aliphatic carboxylic acids is 4. The summed E-state index contributed by atoms with van der Waals surface area (Å²) < 4.78 is 75.7. The molecule has 0 aliphatic carbocycles. The number of benzene rings is 4. The fraction of sp³-hybridized carbons (Fsp3) is 0.429. The van der Waals surface area contributed by atoms with Crippen molar-refractivity contribution in [2.24, 2.45) is 25.9 Å². The summed E-state index contributed by atoms with van der Waals surface area (Å²) in [4.78, 5) is 144. The first kappa shape index (κ1) is 111. The number of thiazole rings is 4. The van der Waals surface area contributed by atoms with E-state index < -0.39 is 89.5 Å². The van der Waals surface area contributed by atoms with Crippen LogP contribution in [0.2, 0.25) is 0 Å². The van der Waals surface area contributed by atoms with Gasteiger partial charge in [-0.25, -0.2) is 47.9 Å². The molecule has 8 aliphatic heterocycles. The molecule has 8 aromatic rings. The van der Waals surface area contributed by atoms with Crippen LogP contribution in [0.1, 0.15) is 153 Å². The Labute approximate surface area is 879 Å².